The maximum absolute atomic E-state index is 6.20. The van der Waals surface area contributed by atoms with Crippen LogP contribution in [0, 0.1) is 6.92 Å². The lowest BCUT2D eigenvalue weighted by Crippen LogP contribution is -2.29. The fourth-order valence-corrected chi connectivity index (χ4v) is 6.54. The highest BCUT2D eigenvalue weighted by molar-refractivity contribution is 5.98. The van der Waals surface area contributed by atoms with Crippen molar-refractivity contribution in [2.24, 2.45) is 0 Å². The van der Waals surface area contributed by atoms with Gasteiger partial charge in [-0.2, -0.15) is 0 Å². The van der Waals surface area contributed by atoms with Gasteiger partial charge in [0.05, 0.1) is 0 Å². The van der Waals surface area contributed by atoms with Gasteiger partial charge >= 0.3 is 0 Å². The quantitative estimate of drug-likeness (QED) is 0.200. The summed E-state index contributed by atoms with van der Waals surface area (Å²) >= 11 is 0. The Hall–Kier alpha value is -3.08. The van der Waals surface area contributed by atoms with Crippen molar-refractivity contribution in [1.29, 1.82) is 0 Å². The highest BCUT2D eigenvalue weighted by atomic mass is 16.5. The second kappa shape index (κ2) is 16.7. The standard InChI is InChI=1S/C39H52N2O2/c1-3-38(33-14-12-32(2)13-15-33)39(34-16-20-36(21-17-34)42-30-28-40-24-8-4-5-9-25-40)35-18-22-37(23-19-35)43-31-29-41-26-10-6-7-11-27-41/h12-23H,3-11,24-31H2,1-2H3. The highest BCUT2D eigenvalue weighted by Crippen LogP contribution is 2.36. The first-order valence-corrected chi connectivity index (χ1v) is 16.9. The second-order valence-electron chi connectivity index (χ2n) is 12.3. The van der Waals surface area contributed by atoms with Crippen LogP contribution in [0.15, 0.2) is 72.8 Å². The summed E-state index contributed by atoms with van der Waals surface area (Å²) in [6.45, 7) is 12.7. The fraction of sp³-hybridized carbons (Fsp3) is 0.487. The molecule has 0 saturated carbocycles. The van der Waals surface area contributed by atoms with Crippen LogP contribution in [-0.2, 0) is 0 Å². The summed E-state index contributed by atoms with van der Waals surface area (Å²) in [7, 11) is 0. The zero-order chi connectivity index (χ0) is 29.7. The normalized spacial score (nSPS) is 16.7. The van der Waals surface area contributed by atoms with Crippen LogP contribution in [0.1, 0.15) is 87.0 Å². The van der Waals surface area contributed by atoms with Crippen molar-refractivity contribution in [2.45, 2.75) is 71.6 Å². The molecular weight excluding hydrogens is 528 g/mol. The zero-order valence-corrected chi connectivity index (χ0v) is 26.7. The van der Waals surface area contributed by atoms with E-state index in [1.807, 2.05) is 0 Å². The lowest BCUT2D eigenvalue weighted by Gasteiger charge is -2.20. The van der Waals surface area contributed by atoms with Crippen molar-refractivity contribution in [1.82, 2.24) is 9.80 Å². The van der Waals surface area contributed by atoms with Gasteiger partial charge in [-0.1, -0.05) is 86.7 Å². The van der Waals surface area contributed by atoms with Gasteiger partial charge in [-0.25, -0.2) is 0 Å². The van der Waals surface area contributed by atoms with E-state index in [4.69, 9.17) is 9.47 Å². The number of hydrogen-bond donors (Lipinski definition) is 0. The van der Waals surface area contributed by atoms with E-state index in [9.17, 15) is 0 Å². The van der Waals surface area contributed by atoms with Gasteiger partial charge in [0, 0.05) is 13.1 Å². The van der Waals surface area contributed by atoms with Gasteiger partial charge in [-0.3, -0.25) is 9.80 Å². The maximum atomic E-state index is 6.20. The number of ether oxygens (including phenoxy) is 2. The van der Waals surface area contributed by atoms with Gasteiger partial charge in [0.25, 0.3) is 0 Å². The molecule has 0 spiro atoms. The Kier molecular flexibility index (Phi) is 12.2. The molecule has 0 radical (unpaired) electrons. The van der Waals surface area contributed by atoms with Gasteiger partial charge < -0.3 is 9.47 Å². The van der Waals surface area contributed by atoms with Crippen molar-refractivity contribution in [3.8, 4) is 11.5 Å². The molecule has 3 aromatic rings. The van der Waals surface area contributed by atoms with Gasteiger partial charge in [0.2, 0.25) is 0 Å². The first kappa shape index (κ1) is 31.3. The first-order valence-electron chi connectivity index (χ1n) is 16.9. The Bertz CT molecular complexity index is 1180. The van der Waals surface area contributed by atoms with Crippen LogP contribution in [0.4, 0.5) is 0 Å². The molecule has 2 saturated heterocycles. The predicted octanol–water partition coefficient (Wildman–Crippen LogP) is 8.87. The number of nitrogens with zero attached hydrogens (tertiary/aromatic N) is 2. The number of allylic oxidation sites excluding steroid dienone is 1. The molecule has 230 valence electrons. The lowest BCUT2D eigenvalue weighted by atomic mass is 9.88. The average molecular weight is 581 g/mol. The second-order valence-corrected chi connectivity index (χ2v) is 12.3. The molecule has 2 aliphatic rings. The molecule has 0 bridgehead atoms. The summed E-state index contributed by atoms with van der Waals surface area (Å²) in [5, 5.41) is 0. The summed E-state index contributed by atoms with van der Waals surface area (Å²) < 4.78 is 12.4. The van der Waals surface area contributed by atoms with Crippen molar-refractivity contribution in [3.63, 3.8) is 0 Å². The minimum atomic E-state index is 0.741. The topological polar surface area (TPSA) is 24.9 Å². The monoisotopic (exact) mass is 580 g/mol. The molecule has 0 aliphatic carbocycles. The molecular formula is C39H52N2O2. The van der Waals surface area contributed by atoms with Crippen LogP contribution in [0.5, 0.6) is 11.5 Å². The van der Waals surface area contributed by atoms with Crippen molar-refractivity contribution >= 4 is 11.1 Å². The van der Waals surface area contributed by atoms with E-state index < -0.39 is 0 Å². The number of aryl methyl sites for hydroxylation is 1. The molecule has 43 heavy (non-hydrogen) atoms. The van der Waals surface area contributed by atoms with Gasteiger partial charge in [0.1, 0.15) is 24.7 Å². The number of benzene rings is 3. The van der Waals surface area contributed by atoms with E-state index in [2.05, 4.69) is 96.4 Å². The third-order valence-corrected chi connectivity index (χ3v) is 9.09. The van der Waals surface area contributed by atoms with E-state index in [1.54, 1.807) is 0 Å². The Labute approximate surface area is 260 Å². The number of hydrogen-bond acceptors (Lipinski definition) is 4. The summed E-state index contributed by atoms with van der Waals surface area (Å²) in [6.07, 6.45) is 11.7. The fourth-order valence-electron chi connectivity index (χ4n) is 6.54. The molecule has 2 fully saturated rings. The number of likely N-dealkylation sites (tertiary alicyclic amines) is 2. The van der Waals surface area contributed by atoms with E-state index >= 15 is 0 Å². The van der Waals surface area contributed by atoms with E-state index in [0.29, 0.717) is 0 Å². The lowest BCUT2D eigenvalue weighted by molar-refractivity contribution is 0.214. The highest BCUT2D eigenvalue weighted by Gasteiger charge is 2.15. The molecule has 3 aromatic carbocycles. The zero-order valence-electron chi connectivity index (χ0n) is 26.7. The van der Waals surface area contributed by atoms with Crippen molar-refractivity contribution in [2.75, 3.05) is 52.5 Å². The molecule has 0 amide bonds. The average Bonchev–Trinajstić information content (AvgIpc) is 3.47. The molecule has 2 aliphatic heterocycles. The molecule has 0 atom stereocenters. The summed E-state index contributed by atoms with van der Waals surface area (Å²) in [5.41, 5.74) is 7.62. The molecule has 0 N–H and O–H groups in total. The molecule has 0 unspecified atom stereocenters. The molecule has 0 aromatic heterocycles. The third-order valence-electron chi connectivity index (χ3n) is 9.09. The minimum absolute atomic E-state index is 0.741. The molecule has 2 heterocycles. The summed E-state index contributed by atoms with van der Waals surface area (Å²) in [6, 6.07) is 26.4. The van der Waals surface area contributed by atoms with Gasteiger partial charge in [-0.15, -0.1) is 0 Å². The molecule has 5 rings (SSSR count). The van der Waals surface area contributed by atoms with Crippen LogP contribution in [0.2, 0.25) is 0 Å². The largest absolute Gasteiger partial charge is 0.492 e. The van der Waals surface area contributed by atoms with Crippen LogP contribution in [0.3, 0.4) is 0 Å². The predicted molar refractivity (Wildman–Crippen MR) is 181 cm³/mol. The van der Waals surface area contributed by atoms with Crippen molar-refractivity contribution < 1.29 is 9.47 Å². The number of rotatable bonds is 12. The van der Waals surface area contributed by atoms with E-state index in [0.717, 1.165) is 44.2 Å². The molecule has 4 nitrogen and oxygen atoms in total. The van der Waals surface area contributed by atoms with Crippen LogP contribution < -0.4 is 9.47 Å². The Morgan fingerprint density at radius 2 is 0.930 bits per heavy atom. The van der Waals surface area contributed by atoms with Crippen LogP contribution >= 0.6 is 0 Å². The summed E-state index contributed by atoms with van der Waals surface area (Å²) in [5.74, 6) is 1.89. The summed E-state index contributed by atoms with van der Waals surface area (Å²) in [4.78, 5) is 5.11. The Morgan fingerprint density at radius 1 is 0.535 bits per heavy atom. The Morgan fingerprint density at radius 3 is 1.33 bits per heavy atom. The van der Waals surface area contributed by atoms with Crippen molar-refractivity contribution in [3.05, 3.63) is 95.1 Å². The third kappa shape index (κ3) is 9.45. The SMILES string of the molecule is CCC(=C(c1ccc(OCCN2CCCCCC2)cc1)c1ccc(OCCN2CCCCCC2)cc1)c1ccc(C)cc1. The van der Waals surface area contributed by atoms with Gasteiger partial charge in [-0.05, 0) is 117 Å². The van der Waals surface area contributed by atoms with Crippen LogP contribution in [-0.4, -0.2) is 62.3 Å². The first-order chi connectivity index (χ1) is 21.2. The smallest absolute Gasteiger partial charge is 0.119 e. The van der Waals surface area contributed by atoms with Crippen LogP contribution in [0.25, 0.3) is 11.1 Å². The van der Waals surface area contributed by atoms with E-state index in [1.165, 1.54) is 111 Å². The van der Waals surface area contributed by atoms with E-state index in [-0.39, 0.29) is 0 Å². The molecule has 4 heteroatoms. The Balaban J connectivity index is 1.30. The maximum Gasteiger partial charge on any atom is 0.119 e. The minimum Gasteiger partial charge on any atom is -0.492 e. The van der Waals surface area contributed by atoms with Gasteiger partial charge in [0.15, 0.2) is 0 Å².